The Bertz CT molecular complexity index is 947. The van der Waals surface area contributed by atoms with Gasteiger partial charge in [-0.15, -0.1) is 0 Å². The van der Waals surface area contributed by atoms with Crippen LogP contribution < -0.4 is 5.32 Å². The minimum atomic E-state index is -0.523. The van der Waals surface area contributed by atoms with Crippen LogP contribution in [0.2, 0.25) is 0 Å². The Morgan fingerprint density at radius 2 is 1.93 bits per heavy atom. The van der Waals surface area contributed by atoms with Crippen LogP contribution in [0.1, 0.15) is 57.1 Å². The summed E-state index contributed by atoms with van der Waals surface area (Å²) in [6, 6.07) is 7.62. The Morgan fingerprint density at radius 1 is 1.24 bits per heavy atom. The molecule has 1 aromatic heterocycles. The summed E-state index contributed by atoms with van der Waals surface area (Å²) in [5.74, 6) is 0.762. The molecule has 0 spiro atoms. The number of H-pyrrole nitrogens is 1. The zero-order valence-corrected chi connectivity index (χ0v) is 18.3. The van der Waals surface area contributed by atoms with Crippen molar-refractivity contribution in [3.05, 3.63) is 46.0 Å². The molecule has 0 aliphatic carbocycles. The highest BCUT2D eigenvalue weighted by molar-refractivity contribution is 7.71. The van der Waals surface area contributed by atoms with Crippen molar-refractivity contribution in [2.45, 2.75) is 65.7 Å². The Morgan fingerprint density at radius 3 is 2.59 bits per heavy atom. The van der Waals surface area contributed by atoms with Crippen LogP contribution in [-0.4, -0.2) is 37.5 Å². The van der Waals surface area contributed by atoms with E-state index < -0.39 is 6.04 Å². The number of benzene rings is 1. The van der Waals surface area contributed by atoms with Gasteiger partial charge in [-0.05, 0) is 43.1 Å². The van der Waals surface area contributed by atoms with Crippen LogP contribution in [-0.2, 0) is 29.1 Å². The number of carbonyl (C=O) groups is 2. The van der Waals surface area contributed by atoms with Crippen LogP contribution in [0.5, 0.6) is 0 Å². The van der Waals surface area contributed by atoms with Gasteiger partial charge in [0.05, 0.1) is 6.54 Å². The molecule has 0 fully saturated rings. The molecule has 8 heteroatoms. The third-order valence-electron chi connectivity index (χ3n) is 5.17. The van der Waals surface area contributed by atoms with E-state index in [1.165, 1.54) is 0 Å². The SMILES string of the molecule is CC(C)CC(=O)N1Cc2ccccc2CC1C(=O)NCc1n[nH]c(=S)n1C(C)C. The van der Waals surface area contributed by atoms with Crippen molar-refractivity contribution in [3.8, 4) is 0 Å². The van der Waals surface area contributed by atoms with E-state index in [4.69, 9.17) is 12.2 Å². The van der Waals surface area contributed by atoms with E-state index in [0.29, 0.717) is 30.0 Å². The fourth-order valence-electron chi connectivity index (χ4n) is 3.76. The van der Waals surface area contributed by atoms with E-state index in [9.17, 15) is 9.59 Å². The second-order valence-corrected chi connectivity index (χ2v) is 8.62. The highest BCUT2D eigenvalue weighted by Crippen LogP contribution is 2.25. The molecule has 2 aromatic rings. The number of hydrogen-bond acceptors (Lipinski definition) is 4. The molecule has 7 nitrogen and oxygen atoms in total. The molecule has 156 valence electrons. The van der Waals surface area contributed by atoms with E-state index in [-0.39, 0.29) is 30.3 Å². The minimum Gasteiger partial charge on any atom is -0.347 e. The molecular weight excluding hydrogens is 386 g/mol. The van der Waals surface area contributed by atoms with Gasteiger partial charge in [0.1, 0.15) is 6.04 Å². The van der Waals surface area contributed by atoms with Gasteiger partial charge in [0.25, 0.3) is 0 Å². The molecule has 1 unspecified atom stereocenters. The lowest BCUT2D eigenvalue weighted by Gasteiger charge is -2.36. The van der Waals surface area contributed by atoms with Gasteiger partial charge in [0.2, 0.25) is 11.8 Å². The Kier molecular flexibility index (Phi) is 6.52. The molecule has 0 saturated heterocycles. The standard InChI is InChI=1S/C21H29N5O2S/c1-13(2)9-19(27)25-12-16-8-6-5-7-15(16)10-17(25)20(28)22-11-18-23-24-21(29)26(18)14(3)4/h5-8,13-14,17H,9-12H2,1-4H3,(H,22,28)(H,24,29). The summed E-state index contributed by atoms with van der Waals surface area (Å²) in [6.07, 6.45) is 0.945. The fourth-order valence-corrected chi connectivity index (χ4v) is 4.13. The summed E-state index contributed by atoms with van der Waals surface area (Å²) in [6.45, 7) is 8.78. The molecule has 1 aromatic carbocycles. The molecule has 0 bridgehead atoms. The first-order valence-corrected chi connectivity index (χ1v) is 10.5. The minimum absolute atomic E-state index is 0.0134. The summed E-state index contributed by atoms with van der Waals surface area (Å²) in [7, 11) is 0. The zero-order chi connectivity index (χ0) is 21.1. The number of aromatic nitrogens is 3. The Balaban J connectivity index is 1.79. The van der Waals surface area contributed by atoms with Crippen molar-refractivity contribution in [1.82, 2.24) is 25.0 Å². The predicted molar refractivity (Wildman–Crippen MR) is 114 cm³/mol. The van der Waals surface area contributed by atoms with Crippen LogP contribution in [0, 0.1) is 10.7 Å². The number of nitrogens with zero attached hydrogens (tertiary/aromatic N) is 3. The Labute approximate surface area is 176 Å². The van der Waals surface area contributed by atoms with Crippen LogP contribution >= 0.6 is 12.2 Å². The molecule has 2 heterocycles. The maximum atomic E-state index is 13.1. The van der Waals surface area contributed by atoms with Gasteiger partial charge in [-0.2, -0.15) is 5.10 Å². The van der Waals surface area contributed by atoms with Crippen molar-refractivity contribution in [1.29, 1.82) is 0 Å². The van der Waals surface area contributed by atoms with Crippen molar-refractivity contribution < 1.29 is 9.59 Å². The van der Waals surface area contributed by atoms with Crippen molar-refractivity contribution in [2.75, 3.05) is 0 Å². The third-order valence-corrected chi connectivity index (χ3v) is 5.46. The monoisotopic (exact) mass is 415 g/mol. The van der Waals surface area contributed by atoms with Gasteiger partial charge in [-0.3, -0.25) is 14.7 Å². The molecule has 1 aliphatic rings. The van der Waals surface area contributed by atoms with Crippen molar-refractivity contribution in [2.24, 2.45) is 5.92 Å². The first-order chi connectivity index (χ1) is 13.8. The van der Waals surface area contributed by atoms with E-state index in [2.05, 4.69) is 15.5 Å². The van der Waals surface area contributed by atoms with Crippen molar-refractivity contribution in [3.63, 3.8) is 0 Å². The second kappa shape index (κ2) is 8.90. The van der Waals surface area contributed by atoms with Crippen LogP contribution in [0.4, 0.5) is 0 Å². The lowest BCUT2D eigenvalue weighted by molar-refractivity contribution is -0.142. The highest BCUT2D eigenvalue weighted by Gasteiger charge is 2.34. The molecule has 1 atom stereocenters. The zero-order valence-electron chi connectivity index (χ0n) is 17.4. The van der Waals surface area contributed by atoms with Gasteiger partial charge in [0.15, 0.2) is 10.6 Å². The second-order valence-electron chi connectivity index (χ2n) is 8.23. The molecule has 3 rings (SSSR count). The van der Waals surface area contributed by atoms with Crippen molar-refractivity contribution >= 4 is 24.0 Å². The fraction of sp³-hybridized carbons (Fsp3) is 0.524. The predicted octanol–water partition coefficient (Wildman–Crippen LogP) is 3.14. The average molecular weight is 416 g/mol. The van der Waals surface area contributed by atoms with Gasteiger partial charge in [0, 0.05) is 25.4 Å². The number of amides is 2. The van der Waals surface area contributed by atoms with Crippen LogP contribution in [0.25, 0.3) is 0 Å². The summed E-state index contributed by atoms with van der Waals surface area (Å²) in [5.41, 5.74) is 2.22. The summed E-state index contributed by atoms with van der Waals surface area (Å²) in [5, 5.41) is 9.98. The van der Waals surface area contributed by atoms with E-state index >= 15 is 0 Å². The lowest BCUT2D eigenvalue weighted by atomic mass is 9.92. The number of hydrogen-bond donors (Lipinski definition) is 2. The topological polar surface area (TPSA) is 83.0 Å². The average Bonchev–Trinajstić information content (AvgIpc) is 3.05. The van der Waals surface area contributed by atoms with E-state index in [1.54, 1.807) is 4.90 Å². The quantitative estimate of drug-likeness (QED) is 0.710. The number of carbonyl (C=O) groups excluding carboxylic acids is 2. The Hall–Kier alpha value is -2.48. The number of nitrogens with one attached hydrogen (secondary N) is 2. The number of aromatic amines is 1. The van der Waals surface area contributed by atoms with Gasteiger partial charge in [-0.1, -0.05) is 38.1 Å². The molecular formula is C21H29N5O2S. The van der Waals surface area contributed by atoms with Gasteiger partial charge in [-0.25, -0.2) is 0 Å². The summed E-state index contributed by atoms with van der Waals surface area (Å²) >= 11 is 5.27. The molecule has 0 saturated carbocycles. The van der Waals surface area contributed by atoms with E-state index in [0.717, 1.165) is 11.1 Å². The molecule has 29 heavy (non-hydrogen) atoms. The maximum Gasteiger partial charge on any atom is 0.243 e. The smallest absolute Gasteiger partial charge is 0.243 e. The largest absolute Gasteiger partial charge is 0.347 e. The lowest BCUT2D eigenvalue weighted by Crippen LogP contribution is -2.52. The normalized spacial score (nSPS) is 16.2. The van der Waals surface area contributed by atoms with Crippen LogP contribution in [0.15, 0.2) is 24.3 Å². The highest BCUT2D eigenvalue weighted by atomic mass is 32.1. The first kappa shape index (κ1) is 21.2. The molecule has 2 amide bonds. The number of rotatable bonds is 6. The van der Waals surface area contributed by atoms with Gasteiger partial charge < -0.3 is 14.8 Å². The molecule has 0 radical (unpaired) electrons. The van der Waals surface area contributed by atoms with E-state index in [1.807, 2.05) is 56.5 Å². The number of fused-ring (bicyclic) bond motifs is 1. The summed E-state index contributed by atoms with van der Waals surface area (Å²) in [4.78, 5) is 27.7. The summed E-state index contributed by atoms with van der Waals surface area (Å²) < 4.78 is 2.41. The maximum absolute atomic E-state index is 13.1. The molecule has 2 N–H and O–H groups in total. The van der Waals surface area contributed by atoms with Crippen LogP contribution in [0.3, 0.4) is 0 Å². The third kappa shape index (κ3) is 4.75. The first-order valence-electron chi connectivity index (χ1n) is 10.1. The van der Waals surface area contributed by atoms with Gasteiger partial charge >= 0.3 is 0 Å². The molecule has 1 aliphatic heterocycles.